The van der Waals surface area contributed by atoms with Crippen molar-refractivity contribution >= 4 is 17.5 Å². The summed E-state index contributed by atoms with van der Waals surface area (Å²) in [7, 11) is 0. The minimum absolute atomic E-state index is 0.0814. The Morgan fingerprint density at radius 1 is 1.65 bits per heavy atom. The topological polar surface area (TPSA) is 57.0 Å². The van der Waals surface area contributed by atoms with Crippen molar-refractivity contribution in [2.45, 2.75) is 6.42 Å². The number of amides is 1. The van der Waals surface area contributed by atoms with E-state index in [0.717, 1.165) is 13.0 Å². The number of carbonyl (C=O) groups excluding carboxylic acids is 1. The first-order valence-corrected chi connectivity index (χ1v) is 5.99. The van der Waals surface area contributed by atoms with Gasteiger partial charge in [0.05, 0.1) is 5.56 Å². The third kappa shape index (κ3) is 2.56. The van der Waals surface area contributed by atoms with Crippen LogP contribution in [0.4, 0.5) is 0 Å². The monoisotopic (exact) mass is 249 g/mol. The Labute approximate surface area is 105 Å². The van der Waals surface area contributed by atoms with E-state index >= 15 is 0 Å². The zero-order valence-electron chi connectivity index (χ0n) is 9.27. The van der Waals surface area contributed by atoms with Gasteiger partial charge in [-0.15, -0.1) is 11.6 Å². The lowest BCUT2D eigenvalue weighted by molar-refractivity contribution is 0.0782. The molecule has 0 N–H and O–H groups in total. The highest BCUT2D eigenvalue weighted by Crippen LogP contribution is 2.19. The standard InChI is InChI=1S/C12H12ClN3O/c13-5-9-3-4-16(8-9)12(17)11-2-1-10(6-14)7-15-11/h1-2,7,9H,3-5,8H2. The SMILES string of the molecule is N#Cc1ccc(C(=O)N2CCC(CCl)C2)nc1. The van der Waals surface area contributed by atoms with Gasteiger partial charge in [0.15, 0.2) is 0 Å². The van der Waals surface area contributed by atoms with Crippen molar-refractivity contribution in [2.24, 2.45) is 5.92 Å². The van der Waals surface area contributed by atoms with Crippen molar-refractivity contribution < 1.29 is 4.79 Å². The molecular formula is C12H12ClN3O. The van der Waals surface area contributed by atoms with E-state index < -0.39 is 0 Å². The fraction of sp³-hybridized carbons (Fsp3) is 0.417. The predicted octanol–water partition coefficient (Wildman–Crippen LogP) is 1.65. The van der Waals surface area contributed by atoms with Crippen LogP contribution in [0.15, 0.2) is 18.3 Å². The highest BCUT2D eigenvalue weighted by atomic mass is 35.5. The first-order valence-electron chi connectivity index (χ1n) is 5.46. The van der Waals surface area contributed by atoms with Crippen molar-refractivity contribution in [3.05, 3.63) is 29.6 Å². The van der Waals surface area contributed by atoms with Gasteiger partial charge in [-0.25, -0.2) is 4.98 Å². The Hall–Kier alpha value is -1.60. The molecule has 2 rings (SSSR count). The van der Waals surface area contributed by atoms with E-state index in [1.165, 1.54) is 6.20 Å². The van der Waals surface area contributed by atoms with Gasteiger partial charge in [0.1, 0.15) is 11.8 Å². The number of likely N-dealkylation sites (tertiary alicyclic amines) is 1. The molecule has 1 unspecified atom stereocenters. The molecule has 4 nitrogen and oxygen atoms in total. The Morgan fingerprint density at radius 3 is 3.00 bits per heavy atom. The summed E-state index contributed by atoms with van der Waals surface area (Å²) in [6.45, 7) is 1.43. The van der Waals surface area contributed by atoms with Crippen LogP contribution in [-0.2, 0) is 0 Å². The largest absolute Gasteiger partial charge is 0.337 e. The molecule has 17 heavy (non-hydrogen) atoms. The van der Waals surface area contributed by atoms with Crippen LogP contribution in [0, 0.1) is 17.2 Å². The normalized spacial score (nSPS) is 19.1. The highest BCUT2D eigenvalue weighted by Gasteiger charge is 2.26. The Bertz CT molecular complexity index is 452. The molecule has 1 aliphatic rings. The third-order valence-electron chi connectivity index (χ3n) is 2.90. The lowest BCUT2D eigenvalue weighted by Crippen LogP contribution is -2.29. The molecule has 1 aromatic heterocycles. The van der Waals surface area contributed by atoms with Gasteiger partial charge in [-0.3, -0.25) is 4.79 Å². The minimum Gasteiger partial charge on any atom is -0.337 e. The van der Waals surface area contributed by atoms with E-state index in [9.17, 15) is 4.79 Å². The molecule has 88 valence electrons. The van der Waals surface area contributed by atoms with E-state index in [2.05, 4.69) is 4.98 Å². The van der Waals surface area contributed by atoms with Crippen molar-refractivity contribution in [2.75, 3.05) is 19.0 Å². The molecule has 0 aliphatic carbocycles. The molecule has 1 amide bonds. The van der Waals surface area contributed by atoms with E-state index in [1.54, 1.807) is 17.0 Å². The summed E-state index contributed by atoms with van der Waals surface area (Å²) >= 11 is 5.77. The Morgan fingerprint density at radius 2 is 2.47 bits per heavy atom. The summed E-state index contributed by atoms with van der Waals surface area (Å²) in [5.41, 5.74) is 0.848. The second-order valence-corrected chi connectivity index (χ2v) is 4.41. The van der Waals surface area contributed by atoms with Gasteiger partial charge < -0.3 is 4.90 Å². The van der Waals surface area contributed by atoms with Crippen LogP contribution in [0.2, 0.25) is 0 Å². The average Bonchev–Trinajstić information content (AvgIpc) is 2.87. The van der Waals surface area contributed by atoms with Crippen molar-refractivity contribution in [3.63, 3.8) is 0 Å². The van der Waals surface area contributed by atoms with Gasteiger partial charge >= 0.3 is 0 Å². The summed E-state index contributed by atoms with van der Waals surface area (Å²) in [6.07, 6.45) is 2.37. The van der Waals surface area contributed by atoms with E-state index in [1.807, 2.05) is 6.07 Å². The van der Waals surface area contributed by atoms with Gasteiger partial charge in [0.2, 0.25) is 0 Å². The lowest BCUT2D eigenvalue weighted by Gasteiger charge is -2.15. The summed E-state index contributed by atoms with van der Waals surface area (Å²) in [4.78, 5) is 17.8. The van der Waals surface area contributed by atoms with Crippen LogP contribution in [-0.4, -0.2) is 34.8 Å². The first kappa shape index (κ1) is 11.9. The number of aromatic nitrogens is 1. The highest BCUT2D eigenvalue weighted by molar-refractivity contribution is 6.18. The summed E-state index contributed by atoms with van der Waals surface area (Å²) in [6, 6.07) is 5.17. The van der Waals surface area contributed by atoms with Gasteiger partial charge in [-0.05, 0) is 24.5 Å². The fourth-order valence-corrected chi connectivity index (χ4v) is 2.14. The maximum Gasteiger partial charge on any atom is 0.272 e. The molecule has 1 fully saturated rings. The molecule has 0 aromatic carbocycles. The second-order valence-electron chi connectivity index (χ2n) is 4.10. The van der Waals surface area contributed by atoms with Crippen LogP contribution >= 0.6 is 11.6 Å². The summed E-state index contributed by atoms with van der Waals surface area (Å²) in [5.74, 6) is 0.894. The van der Waals surface area contributed by atoms with Crippen molar-refractivity contribution in [1.29, 1.82) is 5.26 Å². The zero-order valence-corrected chi connectivity index (χ0v) is 10.0. The average molecular weight is 250 g/mol. The lowest BCUT2D eigenvalue weighted by atomic mass is 10.2. The predicted molar refractivity (Wildman–Crippen MR) is 63.7 cm³/mol. The fourth-order valence-electron chi connectivity index (χ4n) is 1.89. The molecule has 1 atom stereocenters. The molecule has 1 aliphatic heterocycles. The van der Waals surface area contributed by atoms with E-state index in [0.29, 0.717) is 29.6 Å². The second kappa shape index (κ2) is 5.15. The van der Waals surface area contributed by atoms with Crippen molar-refractivity contribution in [3.8, 4) is 6.07 Å². The molecule has 2 heterocycles. The van der Waals surface area contributed by atoms with Crippen LogP contribution in [0.1, 0.15) is 22.5 Å². The van der Waals surface area contributed by atoms with Gasteiger partial charge in [-0.1, -0.05) is 0 Å². The van der Waals surface area contributed by atoms with Crippen LogP contribution in [0.3, 0.4) is 0 Å². The van der Waals surface area contributed by atoms with Crippen LogP contribution < -0.4 is 0 Å². The number of alkyl halides is 1. The molecule has 0 bridgehead atoms. The molecule has 5 heteroatoms. The quantitative estimate of drug-likeness (QED) is 0.749. The third-order valence-corrected chi connectivity index (χ3v) is 3.34. The number of hydrogen-bond donors (Lipinski definition) is 0. The smallest absolute Gasteiger partial charge is 0.272 e. The number of pyridine rings is 1. The van der Waals surface area contributed by atoms with Gasteiger partial charge in [0.25, 0.3) is 5.91 Å². The minimum atomic E-state index is -0.0814. The van der Waals surface area contributed by atoms with Gasteiger partial charge in [-0.2, -0.15) is 5.26 Å². The van der Waals surface area contributed by atoms with Gasteiger partial charge in [0, 0.05) is 25.2 Å². The Kier molecular flexibility index (Phi) is 3.60. The van der Waals surface area contributed by atoms with E-state index in [-0.39, 0.29) is 5.91 Å². The maximum absolute atomic E-state index is 12.0. The maximum atomic E-state index is 12.0. The van der Waals surface area contributed by atoms with Crippen LogP contribution in [0.25, 0.3) is 0 Å². The molecule has 0 radical (unpaired) electrons. The molecule has 1 aromatic rings. The molecule has 0 saturated carbocycles. The molecular weight excluding hydrogens is 238 g/mol. The van der Waals surface area contributed by atoms with Crippen molar-refractivity contribution in [1.82, 2.24) is 9.88 Å². The zero-order chi connectivity index (χ0) is 12.3. The number of nitrogens with zero attached hydrogens (tertiary/aromatic N) is 3. The number of carbonyl (C=O) groups is 1. The van der Waals surface area contributed by atoms with Crippen LogP contribution in [0.5, 0.6) is 0 Å². The summed E-state index contributed by atoms with van der Waals surface area (Å²) in [5, 5.41) is 8.65. The number of rotatable bonds is 2. The number of hydrogen-bond acceptors (Lipinski definition) is 3. The number of halogens is 1. The number of nitriles is 1. The molecule has 1 saturated heterocycles. The molecule has 0 spiro atoms. The first-order chi connectivity index (χ1) is 8.24. The summed E-state index contributed by atoms with van der Waals surface area (Å²) < 4.78 is 0. The Balaban J connectivity index is 2.07. The van der Waals surface area contributed by atoms with E-state index in [4.69, 9.17) is 16.9 Å².